The van der Waals surface area contributed by atoms with Gasteiger partial charge in [0.1, 0.15) is 0 Å². The van der Waals surface area contributed by atoms with Crippen LogP contribution in [-0.2, 0) is 0 Å². The van der Waals surface area contributed by atoms with Gasteiger partial charge in [-0.1, -0.05) is 41.9 Å². The SMILES string of the molecule is CCC1(CC)CN(C(C)c2ccc(Br)cc2)CCN1. The van der Waals surface area contributed by atoms with E-state index in [0.717, 1.165) is 24.1 Å². The van der Waals surface area contributed by atoms with Crippen LogP contribution in [0.5, 0.6) is 0 Å². The standard InChI is InChI=1S/C16H25BrN2/c1-4-16(5-2)12-19(11-10-18-16)13(3)14-6-8-15(17)9-7-14/h6-9,13,18H,4-5,10-12H2,1-3H3. The molecular formula is C16H25BrN2. The summed E-state index contributed by atoms with van der Waals surface area (Å²) in [4.78, 5) is 2.62. The van der Waals surface area contributed by atoms with Crippen LogP contribution in [0.25, 0.3) is 0 Å². The van der Waals surface area contributed by atoms with Crippen molar-refractivity contribution in [2.24, 2.45) is 0 Å². The fourth-order valence-corrected chi connectivity index (χ4v) is 3.26. The molecule has 1 saturated heterocycles. The molecule has 1 aliphatic rings. The molecule has 106 valence electrons. The lowest BCUT2D eigenvalue weighted by Crippen LogP contribution is -2.60. The fourth-order valence-electron chi connectivity index (χ4n) is 2.99. The third-order valence-electron chi connectivity index (χ3n) is 4.66. The fraction of sp³-hybridized carbons (Fsp3) is 0.625. The normalized spacial score (nSPS) is 21.3. The van der Waals surface area contributed by atoms with Crippen molar-refractivity contribution in [3.63, 3.8) is 0 Å². The predicted molar refractivity (Wildman–Crippen MR) is 85.4 cm³/mol. The van der Waals surface area contributed by atoms with Crippen LogP contribution in [0.3, 0.4) is 0 Å². The first kappa shape index (κ1) is 15.0. The first-order valence-electron chi connectivity index (χ1n) is 7.35. The van der Waals surface area contributed by atoms with Gasteiger partial charge in [0.15, 0.2) is 0 Å². The average molecular weight is 325 g/mol. The zero-order valence-corrected chi connectivity index (χ0v) is 13.8. The summed E-state index contributed by atoms with van der Waals surface area (Å²) in [5.74, 6) is 0. The van der Waals surface area contributed by atoms with Gasteiger partial charge in [-0.05, 0) is 37.5 Å². The van der Waals surface area contributed by atoms with Crippen LogP contribution in [0.2, 0.25) is 0 Å². The lowest BCUT2D eigenvalue weighted by molar-refractivity contribution is 0.0919. The number of piperazine rings is 1. The van der Waals surface area contributed by atoms with E-state index in [9.17, 15) is 0 Å². The van der Waals surface area contributed by atoms with Crippen molar-refractivity contribution in [3.8, 4) is 0 Å². The topological polar surface area (TPSA) is 15.3 Å². The molecule has 0 saturated carbocycles. The van der Waals surface area contributed by atoms with Crippen molar-refractivity contribution in [2.45, 2.75) is 45.2 Å². The number of rotatable bonds is 4. The van der Waals surface area contributed by atoms with Crippen molar-refractivity contribution in [1.29, 1.82) is 0 Å². The first-order chi connectivity index (χ1) is 9.10. The number of nitrogens with one attached hydrogen (secondary N) is 1. The second-order valence-corrected chi connectivity index (χ2v) is 6.53. The monoisotopic (exact) mass is 324 g/mol. The molecule has 0 amide bonds. The highest BCUT2D eigenvalue weighted by molar-refractivity contribution is 9.10. The Balaban J connectivity index is 2.10. The Hall–Kier alpha value is -0.380. The molecule has 19 heavy (non-hydrogen) atoms. The van der Waals surface area contributed by atoms with Gasteiger partial charge in [0.05, 0.1) is 0 Å². The summed E-state index contributed by atoms with van der Waals surface area (Å²) < 4.78 is 1.15. The van der Waals surface area contributed by atoms with Gasteiger partial charge in [-0.3, -0.25) is 4.90 Å². The smallest absolute Gasteiger partial charge is 0.0321 e. The average Bonchev–Trinajstić information content (AvgIpc) is 2.47. The molecule has 1 atom stereocenters. The maximum absolute atomic E-state index is 3.73. The maximum atomic E-state index is 3.73. The highest BCUT2D eigenvalue weighted by atomic mass is 79.9. The van der Waals surface area contributed by atoms with Crippen LogP contribution >= 0.6 is 15.9 Å². The lowest BCUT2D eigenvalue weighted by Gasteiger charge is -2.45. The van der Waals surface area contributed by atoms with E-state index >= 15 is 0 Å². The molecule has 1 aliphatic heterocycles. The van der Waals surface area contributed by atoms with Crippen LogP contribution < -0.4 is 5.32 Å². The van der Waals surface area contributed by atoms with E-state index in [1.54, 1.807) is 0 Å². The summed E-state index contributed by atoms with van der Waals surface area (Å²) in [6.45, 7) is 10.3. The van der Waals surface area contributed by atoms with Gasteiger partial charge in [-0.2, -0.15) is 0 Å². The molecular weight excluding hydrogens is 300 g/mol. The summed E-state index contributed by atoms with van der Waals surface area (Å²) in [5, 5.41) is 3.73. The molecule has 2 nitrogen and oxygen atoms in total. The summed E-state index contributed by atoms with van der Waals surface area (Å²) in [6, 6.07) is 9.24. The Morgan fingerprint density at radius 3 is 2.47 bits per heavy atom. The minimum atomic E-state index is 0.307. The van der Waals surface area contributed by atoms with Gasteiger partial charge < -0.3 is 5.32 Å². The van der Waals surface area contributed by atoms with Crippen LogP contribution in [0, 0.1) is 0 Å². The molecule has 0 bridgehead atoms. The first-order valence-corrected chi connectivity index (χ1v) is 8.14. The maximum Gasteiger partial charge on any atom is 0.0321 e. The second kappa shape index (κ2) is 6.38. The summed E-state index contributed by atoms with van der Waals surface area (Å²) in [5.41, 5.74) is 1.72. The van der Waals surface area contributed by atoms with Crippen molar-refractivity contribution in [3.05, 3.63) is 34.3 Å². The molecule has 1 heterocycles. The van der Waals surface area contributed by atoms with E-state index in [1.807, 2.05) is 0 Å². The Morgan fingerprint density at radius 1 is 1.26 bits per heavy atom. The summed E-state index contributed by atoms with van der Waals surface area (Å²) in [7, 11) is 0. The molecule has 3 heteroatoms. The van der Waals surface area contributed by atoms with Gasteiger partial charge >= 0.3 is 0 Å². The molecule has 1 aromatic carbocycles. The third kappa shape index (κ3) is 3.39. The van der Waals surface area contributed by atoms with E-state index < -0.39 is 0 Å². The van der Waals surface area contributed by atoms with Crippen LogP contribution in [0.1, 0.15) is 45.2 Å². The van der Waals surface area contributed by atoms with Gasteiger partial charge in [-0.15, -0.1) is 0 Å². The molecule has 1 fully saturated rings. The minimum Gasteiger partial charge on any atom is -0.309 e. The molecule has 1 N–H and O–H groups in total. The quantitative estimate of drug-likeness (QED) is 0.901. The zero-order chi connectivity index (χ0) is 13.9. The molecule has 0 radical (unpaired) electrons. The number of hydrogen-bond acceptors (Lipinski definition) is 2. The zero-order valence-electron chi connectivity index (χ0n) is 12.2. The number of nitrogens with zero attached hydrogens (tertiary/aromatic N) is 1. The van der Waals surface area contributed by atoms with E-state index in [1.165, 1.54) is 18.4 Å². The Labute approximate surface area is 125 Å². The van der Waals surface area contributed by atoms with Crippen molar-refractivity contribution < 1.29 is 0 Å². The van der Waals surface area contributed by atoms with Gasteiger partial charge in [-0.25, -0.2) is 0 Å². The highest BCUT2D eigenvalue weighted by Gasteiger charge is 2.33. The van der Waals surface area contributed by atoms with Crippen molar-refractivity contribution in [1.82, 2.24) is 10.2 Å². The van der Waals surface area contributed by atoms with E-state index in [0.29, 0.717) is 11.6 Å². The van der Waals surface area contributed by atoms with Gasteiger partial charge in [0.2, 0.25) is 0 Å². The molecule has 0 spiro atoms. The minimum absolute atomic E-state index is 0.307. The molecule has 1 unspecified atom stereocenters. The highest BCUT2D eigenvalue weighted by Crippen LogP contribution is 2.28. The number of hydrogen-bond donors (Lipinski definition) is 1. The summed E-state index contributed by atoms with van der Waals surface area (Å²) >= 11 is 3.51. The number of halogens is 1. The Morgan fingerprint density at radius 2 is 1.89 bits per heavy atom. The van der Waals surface area contributed by atoms with Crippen LogP contribution in [0.4, 0.5) is 0 Å². The molecule has 1 aromatic rings. The van der Waals surface area contributed by atoms with E-state index in [2.05, 4.69) is 71.2 Å². The Kier molecular flexibility index (Phi) is 5.04. The van der Waals surface area contributed by atoms with Crippen molar-refractivity contribution in [2.75, 3.05) is 19.6 Å². The van der Waals surface area contributed by atoms with Crippen LogP contribution in [0.15, 0.2) is 28.7 Å². The van der Waals surface area contributed by atoms with Gasteiger partial charge in [0.25, 0.3) is 0 Å². The Bertz CT molecular complexity index is 398. The molecule has 2 rings (SSSR count). The third-order valence-corrected chi connectivity index (χ3v) is 5.19. The largest absolute Gasteiger partial charge is 0.309 e. The van der Waals surface area contributed by atoms with Crippen LogP contribution in [-0.4, -0.2) is 30.1 Å². The molecule has 0 aliphatic carbocycles. The number of benzene rings is 1. The predicted octanol–water partition coefficient (Wildman–Crippen LogP) is 3.97. The second-order valence-electron chi connectivity index (χ2n) is 5.61. The van der Waals surface area contributed by atoms with E-state index in [-0.39, 0.29) is 0 Å². The van der Waals surface area contributed by atoms with Crippen molar-refractivity contribution >= 4 is 15.9 Å². The summed E-state index contributed by atoms with van der Waals surface area (Å²) in [6.07, 6.45) is 2.40. The van der Waals surface area contributed by atoms with Gasteiger partial charge in [0, 0.05) is 35.7 Å². The molecule has 0 aromatic heterocycles. The lowest BCUT2D eigenvalue weighted by atomic mass is 9.89. The van der Waals surface area contributed by atoms with E-state index in [4.69, 9.17) is 0 Å².